The highest BCUT2D eigenvalue weighted by molar-refractivity contribution is 5.66. The predicted molar refractivity (Wildman–Crippen MR) is 188 cm³/mol. The quantitative estimate of drug-likeness (QED) is 0.122. The molecule has 0 rings (SSSR count). The van der Waals surface area contributed by atoms with Crippen LogP contribution in [0.15, 0.2) is 81.5 Å². The molecule has 0 saturated heterocycles. The number of carbonyl (C=O) groups is 1. The molecule has 238 valence electrons. The highest BCUT2D eigenvalue weighted by atomic mass is 16.4. The van der Waals surface area contributed by atoms with Gasteiger partial charge in [-0.2, -0.15) is 0 Å². The minimum atomic E-state index is -0.693. The Labute approximate surface area is 261 Å². The Morgan fingerprint density at radius 2 is 0.738 bits per heavy atom. The first-order valence-corrected chi connectivity index (χ1v) is 16.7. The largest absolute Gasteiger partial charge is 0.481 e. The molecule has 0 heterocycles. The van der Waals surface area contributed by atoms with Crippen molar-refractivity contribution in [2.75, 3.05) is 0 Å². The van der Waals surface area contributed by atoms with E-state index in [4.69, 9.17) is 5.11 Å². The molecular weight excluding hydrogens is 512 g/mol. The van der Waals surface area contributed by atoms with Crippen LogP contribution in [0.4, 0.5) is 0 Å². The first-order chi connectivity index (χ1) is 19.9. The van der Waals surface area contributed by atoms with Gasteiger partial charge in [-0.15, -0.1) is 0 Å². The highest BCUT2D eigenvalue weighted by Gasteiger charge is 2.06. The molecule has 0 bridgehead atoms. The number of hydrogen-bond acceptors (Lipinski definition) is 1. The molecule has 0 aromatic rings. The molecule has 0 aliphatic carbocycles. The van der Waals surface area contributed by atoms with Crippen LogP contribution in [-0.2, 0) is 4.79 Å². The maximum atomic E-state index is 10.8. The molecule has 0 aliphatic rings. The fraction of sp³-hybridized carbons (Fsp3) is 0.625. The number of carboxylic acid groups (broad SMARTS) is 1. The average Bonchev–Trinajstić information content (AvgIpc) is 2.88. The van der Waals surface area contributed by atoms with Crippen molar-refractivity contribution < 1.29 is 9.90 Å². The van der Waals surface area contributed by atoms with Crippen molar-refractivity contribution in [1.29, 1.82) is 0 Å². The summed E-state index contributed by atoms with van der Waals surface area (Å²) in [7, 11) is 0. The third-order valence-electron chi connectivity index (χ3n) is 7.92. The maximum Gasteiger partial charge on any atom is 0.303 e. The number of aliphatic carboxylic acids is 1. The van der Waals surface area contributed by atoms with E-state index in [0.717, 1.165) is 70.6 Å². The van der Waals surface area contributed by atoms with E-state index in [-0.39, 0.29) is 12.3 Å². The van der Waals surface area contributed by atoms with Crippen molar-refractivity contribution in [2.24, 2.45) is 5.92 Å². The molecule has 0 aromatic heterocycles. The summed E-state index contributed by atoms with van der Waals surface area (Å²) < 4.78 is 0. The zero-order chi connectivity index (χ0) is 31.8. The maximum absolute atomic E-state index is 10.8. The molecule has 42 heavy (non-hydrogen) atoms. The Morgan fingerprint density at radius 3 is 1.00 bits per heavy atom. The Bertz CT molecular complexity index is 973. The summed E-state index contributed by atoms with van der Waals surface area (Å²) in [5, 5.41) is 8.87. The zero-order valence-electron chi connectivity index (χ0n) is 29.1. The first-order valence-electron chi connectivity index (χ1n) is 16.7. The zero-order valence-corrected chi connectivity index (χ0v) is 29.1. The minimum Gasteiger partial charge on any atom is -0.481 e. The van der Waals surface area contributed by atoms with E-state index in [9.17, 15) is 4.79 Å². The highest BCUT2D eigenvalue weighted by Crippen LogP contribution is 2.17. The van der Waals surface area contributed by atoms with E-state index < -0.39 is 5.97 Å². The lowest BCUT2D eigenvalue weighted by molar-refractivity contribution is -0.138. The molecular formula is C40H66O2. The molecule has 0 aromatic carbocycles. The topological polar surface area (TPSA) is 37.3 Å². The fourth-order valence-electron chi connectivity index (χ4n) is 4.95. The lowest BCUT2D eigenvalue weighted by Crippen LogP contribution is -2.03. The van der Waals surface area contributed by atoms with Crippen molar-refractivity contribution in [3.8, 4) is 0 Å². The molecule has 1 unspecified atom stereocenters. The monoisotopic (exact) mass is 579 g/mol. The van der Waals surface area contributed by atoms with Gasteiger partial charge in [-0.1, -0.05) is 88.5 Å². The van der Waals surface area contributed by atoms with E-state index >= 15 is 0 Å². The van der Waals surface area contributed by atoms with E-state index in [1.54, 1.807) is 0 Å². The summed E-state index contributed by atoms with van der Waals surface area (Å²) in [5.74, 6) is -0.446. The van der Waals surface area contributed by atoms with Gasteiger partial charge in [0.15, 0.2) is 0 Å². The van der Waals surface area contributed by atoms with Gasteiger partial charge in [0.25, 0.3) is 0 Å². The van der Waals surface area contributed by atoms with Gasteiger partial charge in [0.2, 0.25) is 0 Å². The van der Waals surface area contributed by atoms with Crippen LogP contribution in [0.2, 0.25) is 0 Å². The molecule has 1 atom stereocenters. The summed E-state index contributed by atoms with van der Waals surface area (Å²) >= 11 is 0. The third kappa shape index (κ3) is 26.5. The van der Waals surface area contributed by atoms with Gasteiger partial charge < -0.3 is 5.11 Å². The second-order valence-corrected chi connectivity index (χ2v) is 13.1. The molecule has 0 amide bonds. The van der Waals surface area contributed by atoms with Crippen molar-refractivity contribution >= 4 is 5.97 Å². The van der Waals surface area contributed by atoms with Gasteiger partial charge in [0.05, 0.1) is 0 Å². The van der Waals surface area contributed by atoms with Gasteiger partial charge in [0, 0.05) is 6.42 Å². The number of rotatable bonds is 23. The van der Waals surface area contributed by atoms with Crippen LogP contribution in [0, 0.1) is 5.92 Å². The third-order valence-corrected chi connectivity index (χ3v) is 7.92. The van der Waals surface area contributed by atoms with Crippen LogP contribution in [0.5, 0.6) is 0 Å². The molecule has 0 spiro atoms. The molecule has 2 nitrogen and oxygen atoms in total. The first kappa shape index (κ1) is 39.6. The lowest BCUT2D eigenvalue weighted by Gasteiger charge is -2.06. The molecule has 0 aliphatic heterocycles. The number of hydrogen-bond donors (Lipinski definition) is 1. The summed E-state index contributed by atoms with van der Waals surface area (Å²) in [6.07, 6.45) is 32.7. The summed E-state index contributed by atoms with van der Waals surface area (Å²) in [5.41, 5.74) is 10.4. The average molecular weight is 579 g/mol. The van der Waals surface area contributed by atoms with Crippen molar-refractivity contribution in [1.82, 2.24) is 0 Å². The second-order valence-electron chi connectivity index (χ2n) is 13.1. The van der Waals surface area contributed by atoms with E-state index in [0.29, 0.717) is 0 Å². The van der Waals surface area contributed by atoms with E-state index in [1.807, 2.05) is 6.92 Å². The van der Waals surface area contributed by atoms with Crippen LogP contribution in [0.3, 0.4) is 0 Å². The van der Waals surface area contributed by atoms with Crippen molar-refractivity contribution in [2.45, 2.75) is 159 Å². The second kappa shape index (κ2) is 25.2. The Morgan fingerprint density at radius 1 is 0.476 bits per heavy atom. The van der Waals surface area contributed by atoms with E-state index in [1.165, 1.54) is 58.3 Å². The molecule has 1 N–H and O–H groups in total. The van der Waals surface area contributed by atoms with Gasteiger partial charge in [-0.25, -0.2) is 0 Å². The Hall–Kier alpha value is -2.35. The van der Waals surface area contributed by atoms with Gasteiger partial charge in [-0.05, 0) is 151 Å². The van der Waals surface area contributed by atoms with Gasteiger partial charge in [-0.3, -0.25) is 4.79 Å². The molecule has 0 fully saturated rings. The Kier molecular flexibility index (Phi) is 23.8. The van der Waals surface area contributed by atoms with Crippen molar-refractivity contribution in [3.63, 3.8) is 0 Å². The predicted octanol–water partition coefficient (Wildman–Crippen LogP) is 13.2. The molecule has 2 heteroatoms. The van der Waals surface area contributed by atoms with Crippen LogP contribution >= 0.6 is 0 Å². The minimum absolute atomic E-state index is 0.247. The van der Waals surface area contributed by atoms with E-state index in [2.05, 4.69) is 97.9 Å². The SMILES string of the molecule is CC(C)=CCC/C(C)=C/CC/C(C)=C/CC/C(C)=C/CC/C(C)=C/CC/C(C)=C/CC/C(C)=C/CCC(C)CC(=O)O. The van der Waals surface area contributed by atoms with Gasteiger partial charge >= 0.3 is 5.97 Å². The number of carboxylic acids is 1. The Balaban J connectivity index is 4.18. The van der Waals surface area contributed by atoms with Crippen molar-refractivity contribution in [3.05, 3.63) is 81.5 Å². The van der Waals surface area contributed by atoms with Crippen LogP contribution < -0.4 is 0 Å². The number of allylic oxidation sites excluding steroid dienone is 14. The molecule has 0 saturated carbocycles. The summed E-state index contributed by atoms with van der Waals surface area (Å²) in [6, 6.07) is 0. The summed E-state index contributed by atoms with van der Waals surface area (Å²) in [4.78, 5) is 10.8. The lowest BCUT2D eigenvalue weighted by atomic mass is 10.00. The summed E-state index contributed by atoms with van der Waals surface area (Å²) in [6.45, 7) is 19.9. The standard InChI is InChI=1S/C40H66O2/c1-32(2)17-10-18-33(3)19-11-20-34(4)21-12-22-35(5)23-13-24-36(6)25-14-26-37(7)27-15-28-38(8)29-16-30-39(9)31-40(41)42/h17,19,21,23,25,27,29,39H,10-16,18,20,22,24,26,28,30-31H2,1-9H3,(H,41,42)/b33-19+,34-21+,35-23+,36-25+,37-27+,38-29+. The van der Waals surface area contributed by atoms with Crippen LogP contribution in [0.25, 0.3) is 0 Å². The molecule has 0 radical (unpaired) electrons. The van der Waals surface area contributed by atoms with Gasteiger partial charge in [0.1, 0.15) is 0 Å². The smallest absolute Gasteiger partial charge is 0.303 e. The van der Waals surface area contributed by atoms with Crippen LogP contribution in [-0.4, -0.2) is 11.1 Å². The fourth-order valence-corrected chi connectivity index (χ4v) is 4.95. The normalized spacial score (nSPS) is 14.8. The van der Waals surface area contributed by atoms with Crippen LogP contribution in [0.1, 0.15) is 159 Å².